The van der Waals surface area contributed by atoms with Crippen LogP contribution < -0.4 is 0 Å². The lowest BCUT2D eigenvalue weighted by Crippen LogP contribution is -2.28. The zero-order chi connectivity index (χ0) is 14.8. The number of ketones is 1. The second kappa shape index (κ2) is 5.08. The third-order valence-corrected chi connectivity index (χ3v) is 4.16. The molecule has 0 aliphatic heterocycles. The van der Waals surface area contributed by atoms with Gasteiger partial charge in [0.1, 0.15) is 5.75 Å². The molecule has 104 valence electrons. The van der Waals surface area contributed by atoms with Crippen LogP contribution in [0.5, 0.6) is 0 Å². The molecule has 0 N–H and O–H groups in total. The van der Waals surface area contributed by atoms with Crippen LogP contribution >= 0.6 is 0 Å². The fourth-order valence-corrected chi connectivity index (χ4v) is 2.79. The van der Waals surface area contributed by atoms with Gasteiger partial charge in [0.05, 0.1) is 9.82 Å². The Labute approximate surface area is 111 Å². The van der Waals surface area contributed by atoms with Crippen LogP contribution in [0, 0.1) is 15.5 Å². The minimum atomic E-state index is -3.85. The zero-order valence-corrected chi connectivity index (χ0v) is 11.7. The summed E-state index contributed by atoms with van der Waals surface area (Å²) in [5, 5.41) is 10.6. The van der Waals surface area contributed by atoms with E-state index in [0.29, 0.717) is 0 Å². The van der Waals surface area contributed by atoms with Crippen LogP contribution in [0.2, 0.25) is 0 Å². The van der Waals surface area contributed by atoms with Gasteiger partial charge >= 0.3 is 0 Å². The van der Waals surface area contributed by atoms with E-state index in [-0.39, 0.29) is 10.6 Å². The Kier molecular flexibility index (Phi) is 4.09. The Balaban J connectivity index is 3.11. The smallest absolute Gasteiger partial charge is 0.270 e. The first-order valence-electron chi connectivity index (χ1n) is 5.54. The molecule has 7 heteroatoms. The third kappa shape index (κ3) is 3.85. The van der Waals surface area contributed by atoms with Crippen molar-refractivity contribution in [3.63, 3.8) is 0 Å². The highest BCUT2D eigenvalue weighted by molar-refractivity contribution is 7.92. The van der Waals surface area contributed by atoms with Gasteiger partial charge in [0, 0.05) is 17.5 Å². The molecule has 1 rings (SSSR count). The summed E-state index contributed by atoms with van der Waals surface area (Å²) in [5.41, 5.74) is -1.09. The van der Waals surface area contributed by atoms with Crippen molar-refractivity contribution in [2.75, 3.05) is 5.75 Å². The molecule has 19 heavy (non-hydrogen) atoms. The largest absolute Gasteiger partial charge is 0.298 e. The Hall–Kier alpha value is -1.76. The predicted molar refractivity (Wildman–Crippen MR) is 69.6 cm³/mol. The lowest BCUT2D eigenvalue weighted by atomic mass is 9.92. The van der Waals surface area contributed by atoms with Crippen LogP contribution in [0.3, 0.4) is 0 Å². The van der Waals surface area contributed by atoms with Crippen molar-refractivity contribution in [3.8, 4) is 0 Å². The molecule has 0 aliphatic rings. The highest BCUT2D eigenvalue weighted by Crippen LogP contribution is 2.22. The molecule has 0 atom stereocenters. The second-order valence-corrected chi connectivity index (χ2v) is 7.18. The summed E-state index contributed by atoms with van der Waals surface area (Å²) in [4.78, 5) is 21.5. The molecule has 0 saturated carbocycles. The molecule has 0 heterocycles. The van der Waals surface area contributed by atoms with E-state index in [1.54, 1.807) is 20.8 Å². The van der Waals surface area contributed by atoms with Crippen molar-refractivity contribution in [2.24, 2.45) is 5.41 Å². The number of hydrogen-bond acceptors (Lipinski definition) is 5. The quantitative estimate of drug-likeness (QED) is 0.622. The molecular weight excluding hydrogens is 270 g/mol. The lowest BCUT2D eigenvalue weighted by Gasteiger charge is -2.16. The molecule has 0 fully saturated rings. The topological polar surface area (TPSA) is 94.3 Å². The van der Waals surface area contributed by atoms with Gasteiger partial charge in [0.2, 0.25) is 0 Å². The molecule has 6 nitrogen and oxygen atoms in total. The molecule has 0 amide bonds. The number of benzene rings is 1. The number of Topliss-reactive ketones (excluding diaryl/α,β-unsaturated/α-hetero) is 1. The molecule has 0 spiro atoms. The Bertz CT molecular complexity index is 613. The molecule has 0 aromatic heterocycles. The molecule has 0 unspecified atom stereocenters. The summed E-state index contributed by atoms with van der Waals surface area (Å²) >= 11 is 0. The van der Waals surface area contributed by atoms with E-state index in [4.69, 9.17) is 0 Å². The predicted octanol–water partition coefficient (Wildman–Crippen LogP) is 1.98. The second-order valence-electron chi connectivity index (χ2n) is 5.19. The van der Waals surface area contributed by atoms with Crippen molar-refractivity contribution in [3.05, 3.63) is 34.4 Å². The lowest BCUT2D eigenvalue weighted by molar-refractivity contribution is -0.385. The molecule has 1 aromatic rings. The Morgan fingerprint density at radius 3 is 2.37 bits per heavy atom. The van der Waals surface area contributed by atoms with Crippen molar-refractivity contribution in [2.45, 2.75) is 25.7 Å². The van der Waals surface area contributed by atoms with Crippen LogP contribution in [0.25, 0.3) is 0 Å². The van der Waals surface area contributed by atoms with E-state index in [9.17, 15) is 23.3 Å². The van der Waals surface area contributed by atoms with Gasteiger partial charge in [-0.25, -0.2) is 8.42 Å². The van der Waals surface area contributed by atoms with E-state index >= 15 is 0 Å². The minimum Gasteiger partial charge on any atom is -0.298 e. The summed E-state index contributed by atoms with van der Waals surface area (Å²) in [7, 11) is -3.85. The number of rotatable bonds is 4. The number of nitro groups is 1. The van der Waals surface area contributed by atoms with E-state index in [1.165, 1.54) is 18.2 Å². The summed E-state index contributed by atoms with van der Waals surface area (Å²) in [5.74, 6) is -1.09. The first-order chi connectivity index (χ1) is 8.54. The van der Waals surface area contributed by atoms with Gasteiger partial charge in [0.15, 0.2) is 15.6 Å². The Morgan fingerprint density at radius 2 is 1.89 bits per heavy atom. The highest BCUT2D eigenvalue weighted by Gasteiger charge is 2.28. The van der Waals surface area contributed by atoms with Crippen molar-refractivity contribution in [1.82, 2.24) is 0 Å². The first kappa shape index (κ1) is 15.3. The summed E-state index contributed by atoms with van der Waals surface area (Å²) in [6, 6.07) is 4.70. The van der Waals surface area contributed by atoms with Crippen LogP contribution in [-0.4, -0.2) is 24.9 Å². The van der Waals surface area contributed by atoms with Gasteiger partial charge in [-0.3, -0.25) is 14.9 Å². The van der Waals surface area contributed by atoms with Gasteiger partial charge in [-0.1, -0.05) is 26.8 Å². The number of carbonyl (C=O) groups excluding carboxylic acids is 1. The summed E-state index contributed by atoms with van der Waals surface area (Å²) < 4.78 is 24.0. The fraction of sp³-hybridized carbons (Fsp3) is 0.417. The molecule has 0 saturated heterocycles. The van der Waals surface area contributed by atoms with E-state index < -0.39 is 31.7 Å². The number of nitro benzene ring substituents is 1. The maximum Gasteiger partial charge on any atom is 0.270 e. The standard InChI is InChI=1S/C12H15NO5S/c1-12(2,3)11(14)8-19(17,18)10-6-4-5-9(7-10)13(15)16/h4-7H,8H2,1-3H3. The zero-order valence-electron chi connectivity index (χ0n) is 10.9. The third-order valence-electron chi connectivity index (χ3n) is 2.55. The number of carbonyl (C=O) groups is 1. The number of sulfone groups is 1. The van der Waals surface area contributed by atoms with E-state index in [0.717, 1.165) is 6.07 Å². The molecule has 0 bridgehead atoms. The number of hydrogen-bond donors (Lipinski definition) is 0. The Morgan fingerprint density at radius 1 is 1.32 bits per heavy atom. The minimum absolute atomic E-state index is 0.209. The maximum atomic E-state index is 12.0. The van der Waals surface area contributed by atoms with Crippen molar-refractivity contribution < 1.29 is 18.1 Å². The highest BCUT2D eigenvalue weighted by atomic mass is 32.2. The number of non-ortho nitro benzene ring substituents is 1. The SMILES string of the molecule is CC(C)(C)C(=O)CS(=O)(=O)c1cccc([N+](=O)[O-])c1. The van der Waals surface area contributed by atoms with Crippen LogP contribution in [0.15, 0.2) is 29.2 Å². The van der Waals surface area contributed by atoms with Gasteiger partial charge < -0.3 is 0 Å². The normalized spacial score (nSPS) is 12.2. The van der Waals surface area contributed by atoms with Gasteiger partial charge in [0.25, 0.3) is 5.69 Å². The van der Waals surface area contributed by atoms with Crippen LogP contribution in [0.1, 0.15) is 20.8 Å². The average Bonchev–Trinajstić information content (AvgIpc) is 2.27. The summed E-state index contributed by atoms with van der Waals surface area (Å²) in [6.45, 7) is 4.87. The maximum absolute atomic E-state index is 12.0. The van der Waals surface area contributed by atoms with Crippen molar-refractivity contribution in [1.29, 1.82) is 0 Å². The fourth-order valence-electron chi connectivity index (χ4n) is 1.26. The molecular formula is C12H15NO5S. The van der Waals surface area contributed by atoms with Crippen LogP contribution in [-0.2, 0) is 14.6 Å². The van der Waals surface area contributed by atoms with Gasteiger partial charge in [-0.05, 0) is 6.07 Å². The molecule has 0 aliphatic carbocycles. The monoisotopic (exact) mass is 285 g/mol. The number of nitrogens with zero attached hydrogens (tertiary/aromatic N) is 1. The van der Waals surface area contributed by atoms with Gasteiger partial charge in [-0.2, -0.15) is 0 Å². The van der Waals surface area contributed by atoms with E-state index in [1.807, 2.05) is 0 Å². The molecule has 0 radical (unpaired) electrons. The van der Waals surface area contributed by atoms with Crippen LogP contribution in [0.4, 0.5) is 5.69 Å². The van der Waals surface area contributed by atoms with E-state index in [2.05, 4.69) is 0 Å². The molecule has 1 aromatic carbocycles. The first-order valence-corrected chi connectivity index (χ1v) is 7.20. The van der Waals surface area contributed by atoms with Crippen molar-refractivity contribution >= 4 is 21.3 Å². The van der Waals surface area contributed by atoms with Gasteiger partial charge in [-0.15, -0.1) is 0 Å². The summed E-state index contributed by atoms with van der Waals surface area (Å²) in [6.07, 6.45) is 0. The average molecular weight is 285 g/mol.